The van der Waals surface area contributed by atoms with E-state index in [1.165, 1.54) is 19.4 Å². The summed E-state index contributed by atoms with van der Waals surface area (Å²) in [5, 5.41) is 4.21. The average molecular weight is 253 g/mol. The van der Waals surface area contributed by atoms with Crippen LogP contribution in [-0.2, 0) is 0 Å². The Kier molecular flexibility index (Phi) is 3.95. The third-order valence-electron chi connectivity index (χ3n) is 3.61. The first-order chi connectivity index (χ1) is 8.08. The second-order valence-corrected chi connectivity index (χ2v) is 5.78. The number of rotatable bonds is 4. The van der Waals surface area contributed by atoms with Crippen LogP contribution in [0, 0.1) is 0 Å². The molecule has 1 heterocycles. The van der Waals surface area contributed by atoms with Crippen LogP contribution in [0.3, 0.4) is 0 Å². The normalized spacial score (nSPS) is 19.5. The zero-order chi connectivity index (χ0) is 12.3. The van der Waals surface area contributed by atoms with Gasteiger partial charge in [-0.15, -0.1) is 0 Å². The van der Waals surface area contributed by atoms with Gasteiger partial charge >= 0.3 is 0 Å². The van der Waals surface area contributed by atoms with Crippen molar-refractivity contribution in [3.63, 3.8) is 0 Å². The molecule has 2 rings (SSSR count). The van der Waals surface area contributed by atoms with E-state index in [9.17, 15) is 0 Å². The molecule has 1 aliphatic heterocycles. The zero-order valence-electron chi connectivity index (χ0n) is 10.7. The first-order valence-electron chi connectivity index (χ1n) is 6.32. The van der Waals surface area contributed by atoms with Gasteiger partial charge in [0.25, 0.3) is 0 Å². The highest BCUT2D eigenvalue weighted by molar-refractivity contribution is 6.30. The van der Waals surface area contributed by atoms with Crippen molar-refractivity contribution < 1.29 is 0 Å². The van der Waals surface area contributed by atoms with Gasteiger partial charge in [0, 0.05) is 29.3 Å². The van der Waals surface area contributed by atoms with E-state index < -0.39 is 0 Å². The Bertz CT molecular complexity index is 376. The molecule has 2 nitrogen and oxygen atoms in total. The molecular formula is C14H21ClN2. The van der Waals surface area contributed by atoms with Crippen molar-refractivity contribution >= 4 is 17.3 Å². The third-order valence-corrected chi connectivity index (χ3v) is 3.84. The second kappa shape index (κ2) is 5.28. The summed E-state index contributed by atoms with van der Waals surface area (Å²) in [5.74, 6) is 0. The molecule has 1 N–H and O–H groups in total. The van der Waals surface area contributed by atoms with E-state index in [-0.39, 0.29) is 0 Å². The lowest BCUT2D eigenvalue weighted by Crippen LogP contribution is -2.40. The van der Waals surface area contributed by atoms with E-state index in [0.717, 1.165) is 23.8 Å². The van der Waals surface area contributed by atoms with Crippen LogP contribution in [0.2, 0.25) is 5.02 Å². The summed E-state index contributed by atoms with van der Waals surface area (Å²) >= 11 is 5.95. The molecule has 17 heavy (non-hydrogen) atoms. The molecule has 0 saturated carbocycles. The minimum Gasteiger partial charge on any atom is -0.384 e. The smallest absolute Gasteiger partial charge is 0.0426 e. The monoisotopic (exact) mass is 252 g/mol. The largest absolute Gasteiger partial charge is 0.384 e. The van der Waals surface area contributed by atoms with E-state index >= 15 is 0 Å². The number of hydrogen-bond acceptors (Lipinski definition) is 2. The Morgan fingerprint density at radius 3 is 2.88 bits per heavy atom. The molecule has 1 fully saturated rings. The number of anilines is 1. The molecule has 0 aromatic heterocycles. The minimum atomic E-state index is 0.371. The van der Waals surface area contributed by atoms with Crippen LogP contribution in [0.25, 0.3) is 0 Å². The number of hydrogen-bond donors (Lipinski definition) is 1. The second-order valence-electron chi connectivity index (χ2n) is 5.34. The van der Waals surface area contributed by atoms with Gasteiger partial charge in [0.05, 0.1) is 0 Å². The van der Waals surface area contributed by atoms with Crippen LogP contribution in [0.4, 0.5) is 5.69 Å². The van der Waals surface area contributed by atoms with Crippen LogP contribution in [0.1, 0.15) is 26.7 Å². The molecule has 3 heteroatoms. The Hall–Kier alpha value is -0.730. The number of benzene rings is 1. The molecule has 0 spiro atoms. The Morgan fingerprint density at radius 1 is 1.41 bits per heavy atom. The summed E-state index contributed by atoms with van der Waals surface area (Å²) in [4.78, 5) is 2.56. The molecule has 1 aliphatic rings. The summed E-state index contributed by atoms with van der Waals surface area (Å²) in [6, 6.07) is 7.90. The highest BCUT2D eigenvalue weighted by Gasteiger charge is 2.30. The van der Waals surface area contributed by atoms with Crippen LogP contribution < -0.4 is 5.32 Å². The maximum Gasteiger partial charge on any atom is 0.0426 e. The van der Waals surface area contributed by atoms with Crippen molar-refractivity contribution in [3.05, 3.63) is 29.3 Å². The Labute approximate surface area is 109 Å². The molecule has 0 aliphatic carbocycles. The van der Waals surface area contributed by atoms with Crippen LogP contribution in [0.15, 0.2) is 24.3 Å². The molecule has 1 aromatic rings. The van der Waals surface area contributed by atoms with Crippen LogP contribution in [0.5, 0.6) is 0 Å². The molecule has 0 atom stereocenters. The minimum absolute atomic E-state index is 0.371. The fraction of sp³-hybridized carbons (Fsp3) is 0.571. The predicted octanol–water partition coefficient (Wildman–Crippen LogP) is 3.63. The standard InChI is InChI=1S/C14H21ClN2/c1-14(2)7-4-9-17(14)10-8-16-13-6-3-5-12(15)11-13/h3,5-6,11,16H,4,7-10H2,1-2H3. The molecule has 0 radical (unpaired) electrons. The molecule has 94 valence electrons. The van der Waals surface area contributed by atoms with Gasteiger partial charge in [-0.3, -0.25) is 4.90 Å². The van der Waals surface area contributed by atoms with Crippen molar-refractivity contribution in [2.75, 3.05) is 25.0 Å². The summed E-state index contributed by atoms with van der Waals surface area (Å²) in [6.45, 7) is 7.96. The molecule has 0 bridgehead atoms. The van der Waals surface area contributed by atoms with Gasteiger partial charge in [-0.2, -0.15) is 0 Å². The lowest BCUT2D eigenvalue weighted by atomic mass is 10.0. The molecule has 0 amide bonds. The summed E-state index contributed by atoms with van der Waals surface area (Å²) in [6.07, 6.45) is 2.63. The SMILES string of the molecule is CC1(C)CCCN1CCNc1cccc(Cl)c1. The van der Waals surface area contributed by atoms with E-state index in [0.29, 0.717) is 5.54 Å². The fourth-order valence-electron chi connectivity index (χ4n) is 2.51. The van der Waals surface area contributed by atoms with Crippen molar-refractivity contribution in [1.29, 1.82) is 0 Å². The topological polar surface area (TPSA) is 15.3 Å². The van der Waals surface area contributed by atoms with Crippen molar-refractivity contribution in [2.24, 2.45) is 0 Å². The maximum absolute atomic E-state index is 5.95. The number of nitrogens with one attached hydrogen (secondary N) is 1. The maximum atomic E-state index is 5.95. The van der Waals surface area contributed by atoms with Gasteiger partial charge in [0.1, 0.15) is 0 Å². The van der Waals surface area contributed by atoms with Gasteiger partial charge in [-0.1, -0.05) is 17.7 Å². The summed E-state index contributed by atoms with van der Waals surface area (Å²) < 4.78 is 0. The van der Waals surface area contributed by atoms with E-state index in [4.69, 9.17) is 11.6 Å². The number of likely N-dealkylation sites (tertiary alicyclic amines) is 1. The van der Waals surface area contributed by atoms with Crippen molar-refractivity contribution in [1.82, 2.24) is 4.90 Å². The lowest BCUT2D eigenvalue weighted by Gasteiger charge is -2.31. The first kappa shape index (κ1) is 12.7. The van der Waals surface area contributed by atoms with Crippen molar-refractivity contribution in [3.8, 4) is 0 Å². The van der Waals surface area contributed by atoms with Gasteiger partial charge < -0.3 is 5.32 Å². The molecule has 1 aromatic carbocycles. The Morgan fingerprint density at radius 2 is 2.24 bits per heavy atom. The van der Waals surface area contributed by atoms with E-state index in [1.54, 1.807) is 0 Å². The third kappa shape index (κ3) is 3.36. The summed E-state index contributed by atoms with van der Waals surface area (Å²) in [5.41, 5.74) is 1.48. The quantitative estimate of drug-likeness (QED) is 0.881. The van der Waals surface area contributed by atoms with E-state index in [2.05, 4.69) is 30.1 Å². The number of nitrogens with zero attached hydrogens (tertiary/aromatic N) is 1. The van der Waals surface area contributed by atoms with Gasteiger partial charge in [-0.05, 0) is 51.4 Å². The highest BCUT2D eigenvalue weighted by Crippen LogP contribution is 2.27. The lowest BCUT2D eigenvalue weighted by molar-refractivity contribution is 0.182. The number of halogens is 1. The zero-order valence-corrected chi connectivity index (χ0v) is 11.4. The highest BCUT2D eigenvalue weighted by atomic mass is 35.5. The van der Waals surface area contributed by atoms with Crippen LogP contribution >= 0.6 is 11.6 Å². The van der Waals surface area contributed by atoms with Gasteiger partial charge in [-0.25, -0.2) is 0 Å². The van der Waals surface area contributed by atoms with Gasteiger partial charge in [0.2, 0.25) is 0 Å². The molecule has 0 unspecified atom stereocenters. The molecular weight excluding hydrogens is 232 g/mol. The average Bonchev–Trinajstić information content (AvgIpc) is 2.58. The first-order valence-corrected chi connectivity index (χ1v) is 6.70. The predicted molar refractivity (Wildman–Crippen MR) is 74.8 cm³/mol. The Balaban J connectivity index is 1.80. The summed E-state index contributed by atoms with van der Waals surface area (Å²) in [7, 11) is 0. The van der Waals surface area contributed by atoms with Gasteiger partial charge in [0.15, 0.2) is 0 Å². The molecule has 1 saturated heterocycles. The van der Waals surface area contributed by atoms with Crippen molar-refractivity contribution in [2.45, 2.75) is 32.2 Å². The fourth-order valence-corrected chi connectivity index (χ4v) is 2.70. The van der Waals surface area contributed by atoms with E-state index in [1.807, 2.05) is 18.2 Å². The van der Waals surface area contributed by atoms with Crippen LogP contribution in [-0.4, -0.2) is 30.1 Å².